The van der Waals surface area contributed by atoms with Crippen molar-refractivity contribution in [3.05, 3.63) is 106 Å². The van der Waals surface area contributed by atoms with Gasteiger partial charge in [0.15, 0.2) is 0 Å². The lowest BCUT2D eigenvalue weighted by atomic mass is 10.1. The lowest BCUT2D eigenvalue weighted by molar-refractivity contribution is 0.0471. The molecule has 0 saturated heterocycles. The Bertz CT molecular complexity index is 1130. The highest BCUT2D eigenvalue weighted by molar-refractivity contribution is 7.83. The molecule has 3 aromatic carbocycles. The molecule has 0 aliphatic heterocycles. The number of carbonyl (C=O) groups is 2. The molecular formula is C26H26O6S2. The fourth-order valence-electron chi connectivity index (χ4n) is 3.32. The van der Waals surface area contributed by atoms with Crippen LogP contribution in [0, 0.1) is 0 Å². The largest absolute Gasteiger partial charge is 0.457 e. The van der Waals surface area contributed by atoms with E-state index in [1.807, 2.05) is 30.3 Å². The van der Waals surface area contributed by atoms with E-state index in [9.17, 15) is 18.0 Å². The summed E-state index contributed by atoms with van der Waals surface area (Å²) in [6.07, 6.45) is 3.23. The first-order valence-electron chi connectivity index (χ1n) is 10.5. The summed E-state index contributed by atoms with van der Waals surface area (Å²) < 4.78 is 33.7. The molecule has 2 unspecified atom stereocenters. The van der Waals surface area contributed by atoms with Gasteiger partial charge >= 0.3 is 11.9 Å². The van der Waals surface area contributed by atoms with Crippen LogP contribution in [0.15, 0.2) is 72.8 Å². The maximum absolute atomic E-state index is 12.4. The third-order valence-corrected chi connectivity index (χ3v) is 6.28. The molecular weight excluding hydrogens is 472 g/mol. The minimum atomic E-state index is -0.996. The number of hydrogen-bond acceptors (Lipinski definition) is 6. The van der Waals surface area contributed by atoms with E-state index in [1.165, 1.54) is 0 Å². The Balaban J connectivity index is 1.56. The fourth-order valence-corrected chi connectivity index (χ4v) is 4.62. The Hall–Kier alpha value is -3.10. The highest BCUT2D eigenvalue weighted by Crippen LogP contribution is 2.14. The molecule has 0 radical (unpaired) electrons. The molecule has 0 aliphatic rings. The maximum Gasteiger partial charge on any atom is 0.338 e. The van der Waals surface area contributed by atoms with Gasteiger partial charge in [0.05, 0.1) is 11.1 Å². The Kier molecular flexibility index (Phi) is 9.30. The summed E-state index contributed by atoms with van der Waals surface area (Å²) in [5, 5.41) is 0. The van der Waals surface area contributed by atoms with Crippen LogP contribution in [0.3, 0.4) is 0 Å². The fraction of sp³-hybridized carbons (Fsp3) is 0.231. The van der Waals surface area contributed by atoms with Crippen molar-refractivity contribution in [2.24, 2.45) is 0 Å². The number of rotatable bonds is 10. The van der Waals surface area contributed by atoms with Crippen molar-refractivity contribution < 1.29 is 27.5 Å². The van der Waals surface area contributed by atoms with Crippen molar-refractivity contribution in [1.29, 1.82) is 0 Å². The summed E-state index contributed by atoms with van der Waals surface area (Å²) in [5.41, 5.74) is 3.96. The monoisotopic (exact) mass is 498 g/mol. The second kappa shape index (κ2) is 12.4. The van der Waals surface area contributed by atoms with E-state index in [0.717, 1.165) is 22.3 Å². The Morgan fingerprint density at radius 2 is 1.00 bits per heavy atom. The van der Waals surface area contributed by atoms with Crippen molar-refractivity contribution in [1.82, 2.24) is 0 Å². The molecule has 3 rings (SSSR count). The van der Waals surface area contributed by atoms with Gasteiger partial charge in [-0.1, -0.05) is 42.5 Å². The van der Waals surface area contributed by atoms with Crippen LogP contribution in [-0.2, 0) is 55.8 Å². The molecule has 0 aliphatic carbocycles. The minimum Gasteiger partial charge on any atom is -0.457 e. The van der Waals surface area contributed by atoms with E-state index in [-0.39, 0.29) is 13.2 Å². The van der Waals surface area contributed by atoms with Gasteiger partial charge in [-0.15, -0.1) is 0 Å². The van der Waals surface area contributed by atoms with Crippen LogP contribution in [0.25, 0.3) is 0 Å². The first-order chi connectivity index (χ1) is 16.3. The predicted octanol–water partition coefficient (Wildman–Crippen LogP) is 4.16. The molecule has 0 heterocycles. The van der Waals surface area contributed by atoms with Crippen LogP contribution < -0.4 is 0 Å². The van der Waals surface area contributed by atoms with E-state index in [0.29, 0.717) is 22.6 Å². The second-order valence-electron chi connectivity index (χ2n) is 7.81. The SMILES string of the molecule is CS(=O)Cc1cccc(C(=O)OCc2cccc(COC(=O)c3cccc(CS(C)=O)c3)c2)c1. The van der Waals surface area contributed by atoms with E-state index in [2.05, 4.69) is 0 Å². The van der Waals surface area contributed by atoms with E-state index in [4.69, 9.17) is 9.47 Å². The highest BCUT2D eigenvalue weighted by atomic mass is 32.2. The van der Waals surface area contributed by atoms with Crippen LogP contribution in [0.1, 0.15) is 43.0 Å². The highest BCUT2D eigenvalue weighted by Gasteiger charge is 2.11. The number of carbonyl (C=O) groups excluding carboxylic acids is 2. The van der Waals surface area contributed by atoms with E-state index in [1.54, 1.807) is 55.0 Å². The Morgan fingerprint density at radius 3 is 1.41 bits per heavy atom. The quantitative estimate of drug-likeness (QED) is 0.390. The van der Waals surface area contributed by atoms with E-state index < -0.39 is 33.5 Å². The summed E-state index contributed by atoms with van der Waals surface area (Å²) in [6, 6.07) is 21.1. The molecule has 0 saturated carbocycles. The molecule has 3 aromatic rings. The van der Waals surface area contributed by atoms with Crippen LogP contribution in [0.5, 0.6) is 0 Å². The molecule has 8 heteroatoms. The smallest absolute Gasteiger partial charge is 0.338 e. The van der Waals surface area contributed by atoms with E-state index >= 15 is 0 Å². The normalized spacial score (nSPS) is 12.5. The van der Waals surface area contributed by atoms with Gasteiger partial charge in [0.2, 0.25) is 0 Å². The van der Waals surface area contributed by atoms with Crippen LogP contribution in [-0.4, -0.2) is 32.9 Å². The molecule has 178 valence electrons. The zero-order valence-corrected chi connectivity index (χ0v) is 20.7. The summed E-state index contributed by atoms with van der Waals surface area (Å²) in [6.45, 7) is 0.140. The van der Waals surface area contributed by atoms with Gasteiger partial charge in [-0.25, -0.2) is 9.59 Å². The third kappa shape index (κ3) is 8.04. The van der Waals surface area contributed by atoms with Gasteiger partial charge in [-0.2, -0.15) is 0 Å². The Labute approximate surface area is 204 Å². The van der Waals surface area contributed by atoms with Crippen LogP contribution >= 0.6 is 0 Å². The third-order valence-electron chi connectivity index (χ3n) is 4.80. The number of ether oxygens (including phenoxy) is 2. The van der Waals surface area contributed by atoms with Crippen LogP contribution in [0.4, 0.5) is 0 Å². The van der Waals surface area contributed by atoms with Gasteiger partial charge < -0.3 is 9.47 Å². The van der Waals surface area contributed by atoms with Crippen molar-refractivity contribution in [3.63, 3.8) is 0 Å². The predicted molar refractivity (Wildman–Crippen MR) is 133 cm³/mol. The maximum atomic E-state index is 12.4. The average molecular weight is 499 g/mol. The topological polar surface area (TPSA) is 86.7 Å². The lowest BCUT2D eigenvalue weighted by Crippen LogP contribution is -2.08. The summed E-state index contributed by atoms with van der Waals surface area (Å²) in [5.74, 6) is -0.170. The molecule has 0 amide bonds. The first-order valence-corrected chi connectivity index (χ1v) is 14.0. The molecule has 0 aromatic heterocycles. The molecule has 0 N–H and O–H groups in total. The van der Waals surface area contributed by atoms with Crippen molar-refractivity contribution >= 4 is 33.5 Å². The van der Waals surface area contributed by atoms with Gasteiger partial charge in [0.25, 0.3) is 0 Å². The summed E-state index contributed by atoms with van der Waals surface area (Å²) in [7, 11) is -1.99. The average Bonchev–Trinajstić information content (AvgIpc) is 2.81. The van der Waals surface area contributed by atoms with Gasteiger partial charge in [0.1, 0.15) is 13.2 Å². The Morgan fingerprint density at radius 1 is 0.618 bits per heavy atom. The second-order valence-corrected chi connectivity index (χ2v) is 10.7. The summed E-state index contributed by atoms with van der Waals surface area (Å²) in [4.78, 5) is 24.8. The minimum absolute atomic E-state index is 0.0702. The molecule has 0 bridgehead atoms. The zero-order valence-electron chi connectivity index (χ0n) is 19.0. The molecule has 34 heavy (non-hydrogen) atoms. The molecule has 0 spiro atoms. The summed E-state index contributed by atoms with van der Waals surface area (Å²) >= 11 is 0. The van der Waals surface area contributed by atoms with Gasteiger partial charge in [-0.3, -0.25) is 8.42 Å². The molecule has 6 nitrogen and oxygen atoms in total. The number of esters is 2. The first kappa shape index (κ1) is 25.5. The van der Waals surface area contributed by atoms with Gasteiger partial charge in [0, 0.05) is 45.6 Å². The number of hydrogen-bond donors (Lipinski definition) is 0. The number of benzene rings is 3. The van der Waals surface area contributed by atoms with Crippen LogP contribution in [0.2, 0.25) is 0 Å². The lowest BCUT2D eigenvalue weighted by Gasteiger charge is -2.09. The zero-order chi connectivity index (χ0) is 24.5. The van der Waals surface area contributed by atoms with Gasteiger partial charge in [-0.05, 0) is 52.6 Å². The molecule has 0 fully saturated rings. The standard InChI is InChI=1S/C26H26O6S2/c1-33(29)17-21-8-4-10-23(13-21)25(27)31-15-19-6-3-7-20(12-19)16-32-26(28)24-11-5-9-22(14-24)18-34(2)30/h3-14H,15-18H2,1-2H3. The van der Waals surface area contributed by atoms with Crippen molar-refractivity contribution in [3.8, 4) is 0 Å². The van der Waals surface area contributed by atoms with Crippen molar-refractivity contribution in [2.75, 3.05) is 12.5 Å². The molecule has 2 atom stereocenters. The van der Waals surface area contributed by atoms with Crippen molar-refractivity contribution in [2.45, 2.75) is 24.7 Å².